The van der Waals surface area contributed by atoms with E-state index in [9.17, 15) is 9.90 Å². The molecule has 1 aliphatic rings. The van der Waals surface area contributed by atoms with E-state index >= 15 is 0 Å². The van der Waals surface area contributed by atoms with Crippen LogP contribution < -0.4 is 5.32 Å². The molecule has 1 aromatic carbocycles. The van der Waals surface area contributed by atoms with Crippen molar-refractivity contribution in [2.75, 3.05) is 19.6 Å². The van der Waals surface area contributed by atoms with Crippen LogP contribution in [0.25, 0.3) is 0 Å². The van der Waals surface area contributed by atoms with Crippen LogP contribution in [0, 0.1) is 13.8 Å². The lowest BCUT2D eigenvalue weighted by Crippen LogP contribution is -2.40. The normalized spacial score (nSPS) is 20.0. The molecule has 2 N–H and O–H groups in total. The van der Waals surface area contributed by atoms with E-state index in [-0.39, 0.29) is 12.1 Å². The maximum Gasteiger partial charge on any atom is 0.407 e. The highest BCUT2D eigenvalue weighted by Gasteiger charge is 2.27. The van der Waals surface area contributed by atoms with Crippen molar-refractivity contribution < 1.29 is 14.6 Å². The Labute approximate surface area is 145 Å². The monoisotopic (exact) mass is 334 g/mol. The summed E-state index contributed by atoms with van der Waals surface area (Å²) in [7, 11) is 0. The summed E-state index contributed by atoms with van der Waals surface area (Å²) in [5.41, 5.74) is 2.79. The highest BCUT2D eigenvalue weighted by Crippen LogP contribution is 2.20. The van der Waals surface area contributed by atoms with Crippen LogP contribution in [-0.2, 0) is 4.74 Å². The number of ether oxygens (including phenoxy) is 1. The second-order valence-corrected chi connectivity index (χ2v) is 7.83. The van der Waals surface area contributed by atoms with Crippen molar-refractivity contribution in [3.05, 3.63) is 34.9 Å². The van der Waals surface area contributed by atoms with Gasteiger partial charge in [0.1, 0.15) is 5.60 Å². The largest absolute Gasteiger partial charge is 0.444 e. The number of alkyl carbamates (subject to hydrolysis) is 1. The molecule has 0 spiro atoms. The molecule has 1 heterocycles. The Bertz CT molecular complexity index is 560. The van der Waals surface area contributed by atoms with Gasteiger partial charge in [-0.15, -0.1) is 0 Å². The summed E-state index contributed by atoms with van der Waals surface area (Å²) >= 11 is 0. The van der Waals surface area contributed by atoms with Crippen LogP contribution in [0.3, 0.4) is 0 Å². The molecule has 5 nitrogen and oxygen atoms in total. The summed E-state index contributed by atoms with van der Waals surface area (Å²) in [5.74, 6) is 0. The van der Waals surface area contributed by atoms with Crippen molar-refractivity contribution in [2.45, 2.75) is 58.8 Å². The van der Waals surface area contributed by atoms with Crippen molar-refractivity contribution in [3.63, 3.8) is 0 Å². The molecular formula is C19H30N2O3. The minimum Gasteiger partial charge on any atom is -0.444 e. The lowest BCUT2D eigenvalue weighted by molar-refractivity contribution is 0.0504. The SMILES string of the molecule is Cc1cc(C)cc(C(O)CN2CCC(NC(=O)OC(C)(C)C)C2)c1. The summed E-state index contributed by atoms with van der Waals surface area (Å²) in [6.45, 7) is 11.8. The van der Waals surface area contributed by atoms with Gasteiger partial charge >= 0.3 is 6.09 Å². The Morgan fingerprint density at radius 1 is 1.33 bits per heavy atom. The third kappa shape index (κ3) is 5.80. The first kappa shape index (κ1) is 18.7. The van der Waals surface area contributed by atoms with Gasteiger partial charge in [-0.1, -0.05) is 29.3 Å². The van der Waals surface area contributed by atoms with E-state index in [0.717, 1.165) is 36.2 Å². The Morgan fingerprint density at radius 2 is 1.96 bits per heavy atom. The minimum absolute atomic E-state index is 0.0753. The number of carbonyl (C=O) groups is 1. The number of amides is 1. The Hall–Kier alpha value is -1.59. The zero-order valence-electron chi connectivity index (χ0n) is 15.4. The molecular weight excluding hydrogens is 304 g/mol. The van der Waals surface area contributed by atoms with E-state index in [1.165, 1.54) is 0 Å². The maximum atomic E-state index is 11.8. The van der Waals surface area contributed by atoms with Crippen molar-refractivity contribution in [1.82, 2.24) is 10.2 Å². The molecule has 0 radical (unpaired) electrons. The van der Waals surface area contributed by atoms with Crippen molar-refractivity contribution >= 4 is 6.09 Å². The number of benzene rings is 1. The average Bonchev–Trinajstić information content (AvgIpc) is 2.82. The van der Waals surface area contributed by atoms with E-state index in [1.807, 2.05) is 46.8 Å². The van der Waals surface area contributed by atoms with Crippen LogP contribution in [0.1, 0.15) is 50.0 Å². The number of aliphatic hydroxyl groups excluding tert-OH is 1. The Kier molecular flexibility index (Phi) is 5.88. The van der Waals surface area contributed by atoms with Gasteiger partial charge in [-0.2, -0.15) is 0 Å². The number of aliphatic hydroxyl groups is 1. The fourth-order valence-corrected chi connectivity index (χ4v) is 3.14. The lowest BCUT2D eigenvalue weighted by Gasteiger charge is -2.23. The summed E-state index contributed by atoms with van der Waals surface area (Å²) in [5, 5.41) is 13.4. The number of nitrogens with zero attached hydrogens (tertiary/aromatic N) is 1. The van der Waals surface area contributed by atoms with E-state index in [2.05, 4.69) is 16.3 Å². The second kappa shape index (κ2) is 7.53. The topological polar surface area (TPSA) is 61.8 Å². The number of likely N-dealkylation sites (tertiary alicyclic amines) is 1. The first-order chi connectivity index (χ1) is 11.1. The van der Waals surface area contributed by atoms with E-state index in [0.29, 0.717) is 6.54 Å². The van der Waals surface area contributed by atoms with Crippen LogP contribution in [0.15, 0.2) is 18.2 Å². The first-order valence-corrected chi connectivity index (χ1v) is 8.60. The van der Waals surface area contributed by atoms with Crippen LogP contribution in [-0.4, -0.2) is 47.4 Å². The van der Waals surface area contributed by atoms with Gasteiger partial charge in [-0.3, -0.25) is 4.90 Å². The van der Waals surface area contributed by atoms with E-state index < -0.39 is 11.7 Å². The second-order valence-electron chi connectivity index (χ2n) is 7.83. The zero-order chi connectivity index (χ0) is 17.9. The molecule has 24 heavy (non-hydrogen) atoms. The molecule has 2 unspecified atom stereocenters. The Balaban J connectivity index is 1.84. The first-order valence-electron chi connectivity index (χ1n) is 8.60. The van der Waals surface area contributed by atoms with Crippen LogP contribution in [0.4, 0.5) is 4.79 Å². The number of hydrogen-bond donors (Lipinski definition) is 2. The standard InChI is InChI=1S/C19H30N2O3/c1-13-8-14(2)10-15(9-13)17(22)12-21-7-6-16(11-21)20-18(23)24-19(3,4)5/h8-10,16-17,22H,6-7,11-12H2,1-5H3,(H,20,23). The molecule has 0 aromatic heterocycles. The van der Waals surface area contributed by atoms with Crippen molar-refractivity contribution in [1.29, 1.82) is 0 Å². The Morgan fingerprint density at radius 3 is 2.54 bits per heavy atom. The molecule has 1 aromatic rings. The summed E-state index contributed by atoms with van der Waals surface area (Å²) in [6, 6.07) is 6.24. The van der Waals surface area contributed by atoms with Gasteiger partial charge in [0.25, 0.3) is 0 Å². The predicted octanol–water partition coefficient (Wildman–Crippen LogP) is 2.94. The van der Waals surface area contributed by atoms with Gasteiger partial charge in [0.05, 0.1) is 6.10 Å². The third-order valence-corrected chi connectivity index (χ3v) is 4.05. The molecule has 0 saturated carbocycles. The molecule has 1 amide bonds. The third-order valence-electron chi connectivity index (χ3n) is 4.05. The van der Waals surface area contributed by atoms with E-state index in [1.54, 1.807) is 0 Å². The highest BCUT2D eigenvalue weighted by atomic mass is 16.6. The summed E-state index contributed by atoms with van der Waals surface area (Å²) < 4.78 is 5.29. The smallest absolute Gasteiger partial charge is 0.407 e. The molecule has 1 aliphatic heterocycles. The van der Waals surface area contributed by atoms with Crippen LogP contribution in [0.2, 0.25) is 0 Å². The molecule has 1 fully saturated rings. The fraction of sp³-hybridized carbons (Fsp3) is 0.632. The number of aryl methyl sites for hydroxylation is 2. The average molecular weight is 334 g/mol. The molecule has 2 atom stereocenters. The highest BCUT2D eigenvalue weighted by molar-refractivity contribution is 5.68. The number of nitrogens with one attached hydrogen (secondary N) is 1. The maximum absolute atomic E-state index is 11.8. The summed E-state index contributed by atoms with van der Waals surface area (Å²) in [6.07, 6.45) is -0.00759. The fourth-order valence-electron chi connectivity index (χ4n) is 3.14. The summed E-state index contributed by atoms with van der Waals surface area (Å²) in [4.78, 5) is 14.0. The number of rotatable bonds is 4. The van der Waals surface area contributed by atoms with Crippen molar-refractivity contribution in [2.24, 2.45) is 0 Å². The van der Waals surface area contributed by atoms with Gasteiger partial charge < -0.3 is 15.2 Å². The number of carbonyl (C=O) groups excluding carboxylic acids is 1. The van der Waals surface area contributed by atoms with Gasteiger partial charge in [-0.25, -0.2) is 4.79 Å². The minimum atomic E-state index is -0.510. The van der Waals surface area contributed by atoms with E-state index in [4.69, 9.17) is 4.74 Å². The van der Waals surface area contributed by atoms with Gasteiger partial charge in [-0.05, 0) is 46.6 Å². The quantitative estimate of drug-likeness (QED) is 0.889. The van der Waals surface area contributed by atoms with Gasteiger partial charge in [0.2, 0.25) is 0 Å². The zero-order valence-corrected chi connectivity index (χ0v) is 15.4. The number of β-amino-alcohol motifs (C(OH)–C–C–N with tert-alkyl or cyclic N) is 1. The molecule has 0 bridgehead atoms. The van der Waals surface area contributed by atoms with Gasteiger partial charge in [0.15, 0.2) is 0 Å². The molecule has 2 rings (SSSR count). The van der Waals surface area contributed by atoms with Crippen molar-refractivity contribution in [3.8, 4) is 0 Å². The predicted molar refractivity (Wildman–Crippen MR) is 95.1 cm³/mol. The lowest BCUT2D eigenvalue weighted by atomic mass is 10.0. The van der Waals surface area contributed by atoms with Crippen LogP contribution >= 0.6 is 0 Å². The van der Waals surface area contributed by atoms with Crippen LogP contribution in [0.5, 0.6) is 0 Å². The molecule has 0 aliphatic carbocycles. The molecule has 5 heteroatoms. The van der Waals surface area contributed by atoms with Gasteiger partial charge in [0, 0.05) is 25.7 Å². The number of hydrogen-bond acceptors (Lipinski definition) is 4. The molecule has 134 valence electrons. The molecule has 1 saturated heterocycles.